The summed E-state index contributed by atoms with van der Waals surface area (Å²) in [6.45, 7) is 3.29. The Morgan fingerprint density at radius 3 is 2.29 bits per heavy atom. The van der Waals surface area contributed by atoms with Crippen molar-refractivity contribution < 1.29 is 19.0 Å². The van der Waals surface area contributed by atoms with E-state index in [0.717, 1.165) is 11.8 Å². The fourth-order valence-electron chi connectivity index (χ4n) is 2.09. The molecule has 0 radical (unpaired) electrons. The second-order valence-corrected chi connectivity index (χ2v) is 5.10. The van der Waals surface area contributed by atoms with Gasteiger partial charge in [-0.2, -0.15) is 0 Å². The second-order valence-electron chi connectivity index (χ2n) is 4.31. The van der Waals surface area contributed by atoms with Gasteiger partial charge in [0, 0.05) is 18.4 Å². The van der Waals surface area contributed by atoms with Gasteiger partial charge in [0.2, 0.25) is 5.75 Å². The van der Waals surface area contributed by atoms with Gasteiger partial charge in [-0.25, -0.2) is 0 Å². The van der Waals surface area contributed by atoms with E-state index < -0.39 is 0 Å². The Morgan fingerprint density at radius 1 is 1.14 bits per heavy atom. The summed E-state index contributed by atoms with van der Waals surface area (Å²) in [5.41, 5.74) is 0.478. The van der Waals surface area contributed by atoms with Gasteiger partial charge in [-0.05, 0) is 25.5 Å². The van der Waals surface area contributed by atoms with E-state index in [1.54, 1.807) is 24.1 Å². The van der Waals surface area contributed by atoms with Crippen molar-refractivity contribution in [3.8, 4) is 17.2 Å². The summed E-state index contributed by atoms with van der Waals surface area (Å²) in [7, 11) is 4.59. The number of hydrogen-bond acceptors (Lipinski definition) is 4. The Hall–Kier alpha value is -1.43. The molecule has 0 N–H and O–H groups in total. The highest BCUT2D eigenvalue weighted by Gasteiger charge is 2.23. The quantitative estimate of drug-likeness (QED) is 0.669. The Bertz CT molecular complexity index is 479. The molecule has 0 unspecified atom stereocenters. The first-order valence-corrected chi connectivity index (χ1v) is 7.90. The summed E-state index contributed by atoms with van der Waals surface area (Å²) >= 11 is 3.38. The molecule has 0 atom stereocenters. The van der Waals surface area contributed by atoms with Crippen molar-refractivity contribution in [1.82, 2.24) is 4.90 Å². The average Bonchev–Trinajstić information content (AvgIpc) is 2.53. The number of methoxy groups -OCH3 is 3. The lowest BCUT2D eigenvalue weighted by Gasteiger charge is -2.22. The molecule has 118 valence electrons. The Balaban J connectivity index is 3.19. The maximum atomic E-state index is 12.7. The van der Waals surface area contributed by atoms with Crippen LogP contribution in [0.15, 0.2) is 12.1 Å². The standard InChI is InChI=1S/C15H22BrNO4/c1-5-17(10-6-9-16)15(18)11-7-8-12(19-2)14(21-4)13(11)20-3/h7-8H,5-6,9-10H2,1-4H3. The van der Waals surface area contributed by atoms with Crippen molar-refractivity contribution in [2.24, 2.45) is 0 Å². The fraction of sp³-hybridized carbons (Fsp3) is 0.533. The zero-order valence-corrected chi connectivity index (χ0v) is 14.5. The third-order valence-electron chi connectivity index (χ3n) is 3.17. The number of alkyl halides is 1. The van der Waals surface area contributed by atoms with Crippen LogP contribution < -0.4 is 14.2 Å². The average molecular weight is 360 g/mol. The molecular formula is C15H22BrNO4. The van der Waals surface area contributed by atoms with Crippen LogP contribution in [0.4, 0.5) is 0 Å². The van der Waals surface area contributed by atoms with E-state index in [0.29, 0.717) is 35.9 Å². The lowest BCUT2D eigenvalue weighted by atomic mass is 10.1. The summed E-state index contributed by atoms with van der Waals surface area (Å²) in [5.74, 6) is 1.30. The van der Waals surface area contributed by atoms with Gasteiger partial charge in [0.1, 0.15) is 0 Å². The van der Waals surface area contributed by atoms with Gasteiger partial charge in [-0.15, -0.1) is 0 Å². The molecule has 1 aromatic rings. The van der Waals surface area contributed by atoms with E-state index in [1.807, 2.05) is 6.92 Å². The molecule has 6 heteroatoms. The lowest BCUT2D eigenvalue weighted by molar-refractivity contribution is 0.0761. The van der Waals surface area contributed by atoms with Crippen molar-refractivity contribution >= 4 is 21.8 Å². The number of rotatable bonds is 8. The van der Waals surface area contributed by atoms with Gasteiger partial charge in [0.25, 0.3) is 5.91 Å². The minimum absolute atomic E-state index is 0.0729. The van der Waals surface area contributed by atoms with Crippen molar-refractivity contribution in [3.05, 3.63) is 17.7 Å². The summed E-state index contributed by atoms with van der Waals surface area (Å²) in [4.78, 5) is 14.4. The van der Waals surface area contributed by atoms with Crippen LogP contribution in [0, 0.1) is 0 Å². The smallest absolute Gasteiger partial charge is 0.257 e. The predicted octanol–water partition coefficient (Wildman–Crippen LogP) is 2.96. The van der Waals surface area contributed by atoms with Gasteiger partial charge in [0.15, 0.2) is 11.5 Å². The fourth-order valence-corrected chi connectivity index (χ4v) is 2.34. The summed E-state index contributed by atoms with van der Waals surface area (Å²) in [6, 6.07) is 3.42. The normalized spacial score (nSPS) is 10.1. The molecule has 0 fully saturated rings. The number of halogens is 1. The predicted molar refractivity (Wildman–Crippen MR) is 86.1 cm³/mol. The van der Waals surface area contributed by atoms with E-state index in [1.165, 1.54) is 14.2 Å². The number of carbonyl (C=O) groups is 1. The van der Waals surface area contributed by atoms with Crippen LogP contribution in [0.2, 0.25) is 0 Å². The van der Waals surface area contributed by atoms with E-state index in [9.17, 15) is 4.79 Å². The largest absolute Gasteiger partial charge is 0.493 e. The number of nitrogens with zero attached hydrogens (tertiary/aromatic N) is 1. The molecule has 0 aliphatic carbocycles. The second kappa shape index (κ2) is 8.77. The molecule has 0 bridgehead atoms. The van der Waals surface area contributed by atoms with Crippen LogP contribution in [0.3, 0.4) is 0 Å². The molecular weight excluding hydrogens is 338 g/mol. The van der Waals surface area contributed by atoms with Gasteiger partial charge in [-0.3, -0.25) is 4.79 Å². The Kier molecular flexibility index (Phi) is 7.36. The molecule has 0 aliphatic rings. The molecule has 0 aromatic heterocycles. The molecule has 21 heavy (non-hydrogen) atoms. The van der Waals surface area contributed by atoms with Gasteiger partial charge in [0.05, 0.1) is 26.9 Å². The minimum atomic E-state index is -0.0729. The van der Waals surface area contributed by atoms with Crippen LogP contribution in [0.1, 0.15) is 23.7 Å². The number of carbonyl (C=O) groups excluding carboxylic acids is 1. The van der Waals surface area contributed by atoms with Crippen LogP contribution in [0.25, 0.3) is 0 Å². The van der Waals surface area contributed by atoms with Crippen LogP contribution in [0.5, 0.6) is 17.2 Å². The van der Waals surface area contributed by atoms with E-state index in [4.69, 9.17) is 14.2 Å². The van der Waals surface area contributed by atoms with E-state index in [2.05, 4.69) is 15.9 Å². The molecule has 0 spiro atoms. The molecule has 1 amide bonds. The highest BCUT2D eigenvalue weighted by Crippen LogP contribution is 2.40. The number of ether oxygens (including phenoxy) is 3. The molecule has 0 aliphatic heterocycles. The number of amides is 1. The number of benzene rings is 1. The molecule has 0 heterocycles. The van der Waals surface area contributed by atoms with Gasteiger partial charge < -0.3 is 19.1 Å². The topological polar surface area (TPSA) is 48.0 Å². The van der Waals surface area contributed by atoms with Crippen molar-refractivity contribution in [2.75, 3.05) is 39.7 Å². The highest BCUT2D eigenvalue weighted by molar-refractivity contribution is 9.09. The zero-order chi connectivity index (χ0) is 15.8. The highest BCUT2D eigenvalue weighted by atomic mass is 79.9. The zero-order valence-electron chi connectivity index (χ0n) is 12.9. The molecule has 5 nitrogen and oxygen atoms in total. The minimum Gasteiger partial charge on any atom is -0.493 e. The SMILES string of the molecule is CCN(CCCBr)C(=O)c1ccc(OC)c(OC)c1OC. The van der Waals surface area contributed by atoms with Crippen molar-refractivity contribution in [3.63, 3.8) is 0 Å². The summed E-state index contributed by atoms with van der Waals surface area (Å²) < 4.78 is 15.9. The van der Waals surface area contributed by atoms with Gasteiger partial charge in [-0.1, -0.05) is 15.9 Å². The summed E-state index contributed by atoms with van der Waals surface area (Å²) in [5, 5.41) is 0.861. The monoisotopic (exact) mass is 359 g/mol. The van der Waals surface area contributed by atoms with Crippen molar-refractivity contribution in [1.29, 1.82) is 0 Å². The third kappa shape index (κ3) is 4.03. The summed E-state index contributed by atoms with van der Waals surface area (Å²) in [6.07, 6.45) is 0.898. The van der Waals surface area contributed by atoms with Crippen LogP contribution in [-0.4, -0.2) is 50.6 Å². The van der Waals surface area contributed by atoms with E-state index >= 15 is 0 Å². The third-order valence-corrected chi connectivity index (χ3v) is 3.73. The molecule has 0 saturated carbocycles. The first-order chi connectivity index (χ1) is 10.1. The lowest BCUT2D eigenvalue weighted by Crippen LogP contribution is -2.32. The maximum absolute atomic E-state index is 12.7. The molecule has 1 rings (SSSR count). The molecule has 0 saturated heterocycles. The first kappa shape index (κ1) is 17.6. The van der Waals surface area contributed by atoms with Gasteiger partial charge >= 0.3 is 0 Å². The van der Waals surface area contributed by atoms with Crippen molar-refractivity contribution in [2.45, 2.75) is 13.3 Å². The first-order valence-electron chi connectivity index (χ1n) is 6.78. The van der Waals surface area contributed by atoms with Crippen LogP contribution >= 0.6 is 15.9 Å². The van der Waals surface area contributed by atoms with E-state index in [-0.39, 0.29) is 5.91 Å². The Morgan fingerprint density at radius 2 is 1.81 bits per heavy atom. The Labute approximate surface area is 134 Å². The maximum Gasteiger partial charge on any atom is 0.257 e. The number of hydrogen-bond donors (Lipinski definition) is 0. The van der Waals surface area contributed by atoms with Crippen LogP contribution in [-0.2, 0) is 0 Å². The molecule has 1 aromatic carbocycles.